The third-order valence-corrected chi connectivity index (χ3v) is 4.63. The fourth-order valence-corrected chi connectivity index (χ4v) is 3.08. The van der Waals surface area contributed by atoms with Crippen LogP contribution in [-0.2, 0) is 11.4 Å². The number of nitrogens with zero attached hydrogens (tertiary/aromatic N) is 2. The zero-order valence-corrected chi connectivity index (χ0v) is 15.9. The smallest absolute Gasteiger partial charge is 0.342 e. The van der Waals surface area contributed by atoms with Crippen LogP contribution in [0.3, 0.4) is 0 Å². The quantitative estimate of drug-likeness (QED) is 0.445. The van der Waals surface area contributed by atoms with Crippen LogP contribution in [0.4, 0.5) is 0 Å². The molecule has 8 heteroatoms. The number of aromatic nitrogens is 3. The van der Waals surface area contributed by atoms with Crippen molar-refractivity contribution in [2.24, 2.45) is 0 Å². The molecule has 0 amide bonds. The maximum Gasteiger partial charge on any atom is 0.342 e. The zero-order chi connectivity index (χ0) is 19.2. The van der Waals surface area contributed by atoms with E-state index in [1.165, 1.54) is 0 Å². The van der Waals surface area contributed by atoms with Gasteiger partial charge in [0.1, 0.15) is 23.1 Å². The Hall–Kier alpha value is -2.77. The van der Waals surface area contributed by atoms with Crippen molar-refractivity contribution in [3.8, 4) is 5.75 Å². The number of hydrogen-bond acceptors (Lipinski definition) is 5. The minimum Gasteiger partial charge on any atom is -0.488 e. The second-order valence-corrected chi connectivity index (χ2v) is 7.02. The van der Waals surface area contributed by atoms with E-state index in [-0.39, 0.29) is 4.91 Å². The van der Waals surface area contributed by atoms with E-state index in [2.05, 4.69) is 15.2 Å². The van der Waals surface area contributed by atoms with Gasteiger partial charge in [-0.2, -0.15) is 0 Å². The van der Waals surface area contributed by atoms with Crippen molar-refractivity contribution in [3.63, 3.8) is 0 Å². The van der Waals surface area contributed by atoms with Crippen molar-refractivity contribution in [1.82, 2.24) is 15.2 Å². The summed E-state index contributed by atoms with van der Waals surface area (Å²) in [7, 11) is 0. The minimum absolute atomic E-state index is 0.0940. The van der Waals surface area contributed by atoms with Crippen LogP contribution in [0.25, 0.3) is 6.08 Å². The third-order valence-electron chi connectivity index (χ3n) is 3.50. The van der Waals surface area contributed by atoms with Gasteiger partial charge in [0.15, 0.2) is 0 Å². The number of benzene rings is 2. The fourth-order valence-electron chi connectivity index (χ4n) is 2.22. The number of aliphatic carboxylic acids is 1. The summed E-state index contributed by atoms with van der Waals surface area (Å²) in [5.41, 5.74) is 1.62. The summed E-state index contributed by atoms with van der Waals surface area (Å²) in [6.45, 7) is 2.10. The molecule has 1 heterocycles. The average molecular weight is 402 g/mol. The fraction of sp³-hybridized carbons (Fsp3) is 0.105. The predicted molar refractivity (Wildman–Crippen MR) is 105 cm³/mol. The molecule has 0 spiro atoms. The molecule has 0 saturated heterocycles. The predicted octanol–water partition coefficient (Wildman–Crippen LogP) is 4.56. The Balaban J connectivity index is 1.81. The molecule has 27 heavy (non-hydrogen) atoms. The van der Waals surface area contributed by atoms with Gasteiger partial charge in [-0.05, 0) is 48.5 Å². The summed E-state index contributed by atoms with van der Waals surface area (Å²) < 4.78 is 5.87. The number of carbonyl (C=O) groups is 1. The Labute approximate surface area is 165 Å². The van der Waals surface area contributed by atoms with Crippen LogP contribution in [0.2, 0.25) is 5.02 Å². The van der Waals surface area contributed by atoms with Gasteiger partial charge in [-0.1, -0.05) is 41.9 Å². The molecule has 0 aliphatic carbocycles. The van der Waals surface area contributed by atoms with E-state index in [1.54, 1.807) is 37.3 Å². The molecule has 0 bridgehead atoms. The van der Waals surface area contributed by atoms with Crippen molar-refractivity contribution in [1.29, 1.82) is 0 Å². The Morgan fingerprint density at radius 1 is 1.26 bits per heavy atom. The van der Waals surface area contributed by atoms with Crippen LogP contribution in [0.5, 0.6) is 5.75 Å². The molecule has 2 N–H and O–H groups in total. The minimum atomic E-state index is -1.06. The van der Waals surface area contributed by atoms with Crippen molar-refractivity contribution >= 4 is 35.4 Å². The van der Waals surface area contributed by atoms with E-state index >= 15 is 0 Å². The number of para-hydroxylation sites is 1. The molecule has 0 radical (unpaired) electrons. The summed E-state index contributed by atoms with van der Waals surface area (Å²) in [5, 5.41) is 17.2. The number of aryl methyl sites for hydroxylation is 1. The van der Waals surface area contributed by atoms with Crippen molar-refractivity contribution in [3.05, 3.63) is 75.4 Å². The molecule has 0 fully saturated rings. The second kappa shape index (κ2) is 8.75. The van der Waals surface area contributed by atoms with Crippen LogP contribution < -0.4 is 4.74 Å². The van der Waals surface area contributed by atoms with Crippen LogP contribution in [-0.4, -0.2) is 26.3 Å². The van der Waals surface area contributed by atoms with E-state index in [4.69, 9.17) is 16.3 Å². The van der Waals surface area contributed by atoms with Gasteiger partial charge in [0.05, 0.1) is 0 Å². The number of nitrogens with one attached hydrogen (secondary N) is 1. The van der Waals surface area contributed by atoms with Crippen LogP contribution in [0, 0.1) is 6.92 Å². The number of hydrogen-bond donors (Lipinski definition) is 2. The molecule has 0 atom stereocenters. The number of H-pyrrole nitrogens is 1. The Morgan fingerprint density at radius 3 is 2.67 bits per heavy atom. The lowest BCUT2D eigenvalue weighted by Gasteiger charge is -2.10. The van der Waals surface area contributed by atoms with Gasteiger partial charge in [0.25, 0.3) is 0 Å². The lowest BCUT2D eigenvalue weighted by atomic mass is 10.2. The third kappa shape index (κ3) is 5.35. The second-order valence-electron chi connectivity index (χ2n) is 5.57. The Kier molecular flexibility index (Phi) is 6.16. The summed E-state index contributed by atoms with van der Waals surface area (Å²) in [4.78, 5) is 15.9. The number of aromatic amines is 1. The van der Waals surface area contributed by atoms with E-state index in [0.717, 1.165) is 17.3 Å². The van der Waals surface area contributed by atoms with Crippen LogP contribution in [0.1, 0.15) is 17.0 Å². The van der Waals surface area contributed by atoms with E-state index in [1.807, 2.05) is 24.3 Å². The van der Waals surface area contributed by atoms with Crippen LogP contribution >= 0.6 is 23.4 Å². The highest BCUT2D eigenvalue weighted by Gasteiger charge is 2.14. The van der Waals surface area contributed by atoms with E-state index < -0.39 is 5.97 Å². The highest BCUT2D eigenvalue weighted by molar-refractivity contribution is 8.04. The highest BCUT2D eigenvalue weighted by Crippen LogP contribution is 2.29. The number of rotatable bonds is 7. The van der Waals surface area contributed by atoms with Gasteiger partial charge in [-0.15, -0.1) is 5.10 Å². The largest absolute Gasteiger partial charge is 0.488 e. The van der Waals surface area contributed by atoms with Crippen LogP contribution in [0.15, 0.2) is 58.6 Å². The zero-order valence-electron chi connectivity index (χ0n) is 14.3. The van der Waals surface area contributed by atoms with Crippen molar-refractivity contribution < 1.29 is 14.6 Å². The van der Waals surface area contributed by atoms with E-state index in [0.29, 0.717) is 33.9 Å². The number of halogens is 1. The van der Waals surface area contributed by atoms with Gasteiger partial charge >= 0.3 is 5.97 Å². The first-order chi connectivity index (χ1) is 13.0. The van der Waals surface area contributed by atoms with Crippen molar-refractivity contribution in [2.45, 2.75) is 18.7 Å². The maximum absolute atomic E-state index is 11.6. The molecule has 0 aliphatic rings. The summed E-state index contributed by atoms with van der Waals surface area (Å²) in [6, 6.07) is 14.6. The molecule has 2 aromatic carbocycles. The number of carboxylic acids is 1. The lowest BCUT2D eigenvalue weighted by Crippen LogP contribution is -1.99. The summed E-state index contributed by atoms with van der Waals surface area (Å²) in [6.07, 6.45) is 1.55. The molecule has 0 unspecified atom stereocenters. The molecule has 0 saturated carbocycles. The van der Waals surface area contributed by atoms with Gasteiger partial charge < -0.3 is 9.84 Å². The highest BCUT2D eigenvalue weighted by atomic mass is 35.5. The topological polar surface area (TPSA) is 88.1 Å². The first-order valence-corrected chi connectivity index (χ1v) is 9.19. The van der Waals surface area contributed by atoms with E-state index in [9.17, 15) is 9.90 Å². The molecular formula is C19H16ClN3O3S. The molecular weight excluding hydrogens is 386 g/mol. The number of carboxylic acid groups (broad SMARTS) is 1. The first kappa shape index (κ1) is 19.0. The molecule has 6 nitrogen and oxygen atoms in total. The first-order valence-electron chi connectivity index (χ1n) is 7.99. The van der Waals surface area contributed by atoms with Gasteiger partial charge in [-0.25, -0.2) is 9.78 Å². The number of thioether (sulfide) groups is 1. The standard InChI is InChI=1S/C19H16ClN3O3S/c1-12-21-19(23-22-12)27-17(18(24)25)10-14-4-2-3-5-16(14)26-11-13-6-8-15(20)9-7-13/h2-10H,11H2,1H3,(H,24,25)(H,21,22,23)/b17-10+. The maximum atomic E-state index is 11.6. The number of ether oxygens (including phenoxy) is 1. The molecule has 0 aliphatic heterocycles. The normalized spacial score (nSPS) is 11.4. The molecule has 3 rings (SSSR count). The van der Waals surface area contributed by atoms with Gasteiger partial charge in [0.2, 0.25) is 5.16 Å². The summed E-state index contributed by atoms with van der Waals surface area (Å²) >= 11 is 6.87. The Morgan fingerprint density at radius 2 is 2.00 bits per heavy atom. The molecule has 3 aromatic rings. The monoisotopic (exact) mass is 401 g/mol. The summed E-state index contributed by atoms with van der Waals surface area (Å²) in [5.74, 6) is 0.141. The SMILES string of the molecule is Cc1nc(S/C(=C/c2ccccc2OCc2ccc(Cl)cc2)C(=O)O)n[nH]1. The molecule has 1 aromatic heterocycles. The lowest BCUT2D eigenvalue weighted by molar-refractivity contribution is -0.131. The molecule has 138 valence electrons. The van der Waals surface area contributed by atoms with Crippen molar-refractivity contribution in [2.75, 3.05) is 0 Å². The average Bonchev–Trinajstić information content (AvgIpc) is 3.06. The Bertz CT molecular complexity index is 970. The van der Waals surface area contributed by atoms with Gasteiger partial charge in [0, 0.05) is 10.6 Å². The van der Waals surface area contributed by atoms with Gasteiger partial charge in [-0.3, -0.25) is 5.10 Å².